The largest absolute Gasteiger partial charge is 0.365 e. The molecule has 0 aliphatic carbocycles. The molecule has 0 aromatic heterocycles. The number of hydrogen-bond donors (Lipinski definition) is 1. The third kappa shape index (κ3) is 3.79. The molecule has 4 rings (SSSR count). The molecular weight excluding hydrogens is 358 g/mol. The average Bonchev–Trinajstić information content (AvgIpc) is 2.75. The summed E-state index contributed by atoms with van der Waals surface area (Å²) in [7, 11) is 1.89. The Morgan fingerprint density at radius 2 is 1.83 bits per heavy atom. The van der Waals surface area contributed by atoms with E-state index in [-0.39, 0.29) is 0 Å². The predicted octanol–water partition coefficient (Wildman–Crippen LogP) is 3.76. The molecule has 5 heteroatoms. The number of aryl methyl sites for hydroxylation is 1. The van der Waals surface area contributed by atoms with Crippen LogP contribution in [0.3, 0.4) is 0 Å². The molecule has 0 saturated carbocycles. The topological polar surface area (TPSA) is 57.2 Å². The lowest BCUT2D eigenvalue weighted by atomic mass is 9.97. The zero-order valence-corrected chi connectivity index (χ0v) is 17.6. The average molecular weight is 390 g/mol. The minimum atomic E-state index is 0.304. The maximum atomic E-state index is 6.09. The van der Waals surface area contributed by atoms with Gasteiger partial charge in [0.1, 0.15) is 5.82 Å². The van der Waals surface area contributed by atoms with Crippen LogP contribution in [0.2, 0.25) is 0 Å². The molecule has 2 saturated heterocycles. The van der Waals surface area contributed by atoms with Gasteiger partial charge in [-0.15, -0.1) is 0 Å². The molecule has 2 aromatic rings. The Kier molecular flexibility index (Phi) is 5.67. The van der Waals surface area contributed by atoms with E-state index in [1.807, 2.05) is 7.05 Å². The molecule has 152 valence electrons. The highest BCUT2D eigenvalue weighted by Gasteiger charge is 2.27. The predicted molar refractivity (Wildman–Crippen MR) is 124 cm³/mol. The van der Waals surface area contributed by atoms with Gasteiger partial charge in [0.25, 0.3) is 0 Å². The first-order valence-corrected chi connectivity index (χ1v) is 10.5. The van der Waals surface area contributed by atoms with Gasteiger partial charge in [-0.25, -0.2) is 4.99 Å². The molecule has 2 aliphatic rings. The maximum absolute atomic E-state index is 6.09. The second-order valence-electron chi connectivity index (χ2n) is 8.08. The van der Waals surface area contributed by atoms with Gasteiger partial charge in [-0.05, 0) is 49.9 Å². The Morgan fingerprint density at radius 3 is 2.52 bits per heavy atom. The van der Waals surface area contributed by atoms with Crippen molar-refractivity contribution in [3.05, 3.63) is 53.4 Å². The zero-order valence-electron chi connectivity index (χ0n) is 17.6. The summed E-state index contributed by atoms with van der Waals surface area (Å²) in [6, 6.07) is 13.4. The molecule has 2 heterocycles. The summed E-state index contributed by atoms with van der Waals surface area (Å²) in [6.45, 7) is 9.71. The molecule has 2 fully saturated rings. The fraction of sp³-hybridized carbons (Fsp3) is 0.417. The van der Waals surface area contributed by atoms with E-state index in [4.69, 9.17) is 5.73 Å². The summed E-state index contributed by atoms with van der Waals surface area (Å²) >= 11 is 0. The quantitative estimate of drug-likeness (QED) is 0.813. The number of nitrogens with two attached hydrogens (primary N) is 1. The van der Waals surface area contributed by atoms with Crippen molar-refractivity contribution in [1.29, 1.82) is 0 Å². The zero-order chi connectivity index (χ0) is 20.4. The van der Waals surface area contributed by atoms with E-state index in [2.05, 4.69) is 69.8 Å². The number of anilines is 1. The Morgan fingerprint density at radius 1 is 1.10 bits per heavy atom. The summed E-state index contributed by atoms with van der Waals surface area (Å²) in [5.41, 5.74) is 11.0. The van der Waals surface area contributed by atoms with Gasteiger partial charge >= 0.3 is 0 Å². The molecule has 2 N–H and O–H groups in total. The van der Waals surface area contributed by atoms with Crippen molar-refractivity contribution >= 4 is 28.9 Å². The van der Waals surface area contributed by atoms with Crippen LogP contribution in [0.15, 0.2) is 57.8 Å². The molecule has 0 unspecified atom stereocenters. The van der Waals surface area contributed by atoms with Gasteiger partial charge < -0.3 is 15.5 Å². The summed E-state index contributed by atoms with van der Waals surface area (Å²) < 4.78 is 0. The van der Waals surface area contributed by atoms with Crippen molar-refractivity contribution in [2.45, 2.75) is 32.2 Å². The number of nitrogens with zero attached hydrogens (tertiary/aromatic N) is 4. The van der Waals surface area contributed by atoms with Crippen LogP contribution in [0, 0.1) is 6.92 Å². The first kappa shape index (κ1) is 19.6. The Hall–Kier alpha value is -2.66. The van der Waals surface area contributed by atoms with Crippen molar-refractivity contribution in [3.8, 4) is 0 Å². The number of likely N-dealkylation sites (tertiary alicyclic amines) is 1. The van der Waals surface area contributed by atoms with Crippen LogP contribution in [0.1, 0.15) is 24.8 Å². The molecule has 0 radical (unpaired) electrons. The van der Waals surface area contributed by atoms with E-state index < -0.39 is 0 Å². The normalized spacial score (nSPS) is 21.7. The Balaban J connectivity index is 1.65. The first-order valence-electron chi connectivity index (χ1n) is 10.5. The monoisotopic (exact) mass is 389 g/mol. The van der Waals surface area contributed by atoms with Crippen LogP contribution < -0.4 is 10.6 Å². The van der Waals surface area contributed by atoms with Crippen molar-refractivity contribution in [1.82, 2.24) is 4.90 Å². The van der Waals surface area contributed by atoms with Gasteiger partial charge in [0, 0.05) is 49.4 Å². The second kappa shape index (κ2) is 8.37. The highest BCUT2D eigenvalue weighted by atomic mass is 15.2. The van der Waals surface area contributed by atoms with E-state index in [1.165, 1.54) is 27.6 Å². The summed E-state index contributed by atoms with van der Waals surface area (Å²) in [6.07, 6.45) is 2.93. The molecule has 0 bridgehead atoms. The third-order valence-corrected chi connectivity index (χ3v) is 6.28. The van der Waals surface area contributed by atoms with Crippen LogP contribution in [-0.2, 0) is 0 Å². The number of benzene rings is 2. The fourth-order valence-electron chi connectivity index (χ4n) is 4.67. The van der Waals surface area contributed by atoms with Gasteiger partial charge in [-0.3, -0.25) is 4.99 Å². The van der Waals surface area contributed by atoms with Crippen LogP contribution in [0.5, 0.6) is 0 Å². The Labute approximate surface area is 173 Å². The van der Waals surface area contributed by atoms with E-state index in [0.717, 1.165) is 57.0 Å². The van der Waals surface area contributed by atoms with Crippen molar-refractivity contribution in [3.63, 3.8) is 0 Å². The fourth-order valence-corrected chi connectivity index (χ4v) is 4.67. The molecule has 0 amide bonds. The third-order valence-electron chi connectivity index (χ3n) is 6.28. The summed E-state index contributed by atoms with van der Waals surface area (Å²) in [5.74, 6) is 1.01. The molecule has 5 nitrogen and oxygen atoms in total. The SMILES string of the molecule is C=N/C(=C1/CCN(c2cccc3cccc(C)c23)C/C1=N/C)N1CCC(N)CC1. The molecule has 0 spiro atoms. The standard InChI is InChI=1S/C24H31N5/c1-17-6-4-7-18-8-5-9-22(23(17)18)29-15-12-20(21(16-29)26-2)24(27-3)28-13-10-19(25)11-14-28/h4-9,19H,3,10-16,25H2,1-2H3/b24-20+,26-21-. The van der Waals surface area contributed by atoms with E-state index >= 15 is 0 Å². The van der Waals surface area contributed by atoms with Gasteiger partial charge in [0.05, 0.1) is 12.3 Å². The second-order valence-corrected chi connectivity index (χ2v) is 8.08. The summed E-state index contributed by atoms with van der Waals surface area (Å²) in [4.78, 5) is 13.9. The number of rotatable bonds is 3. The smallest absolute Gasteiger partial charge is 0.132 e. The maximum Gasteiger partial charge on any atom is 0.132 e. The lowest BCUT2D eigenvalue weighted by Gasteiger charge is -2.37. The van der Waals surface area contributed by atoms with E-state index in [0.29, 0.717) is 6.04 Å². The summed E-state index contributed by atoms with van der Waals surface area (Å²) in [5, 5.41) is 2.63. The lowest BCUT2D eigenvalue weighted by Crippen LogP contribution is -2.42. The Bertz CT molecular complexity index is 961. The van der Waals surface area contributed by atoms with Crippen LogP contribution in [0.4, 0.5) is 5.69 Å². The molecule has 29 heavy (non-hydrogen) atoms. The van der Waals surface area contributed by atoms with Crippen LogP contribution in [-0.4, -0.2) is 56.6 Å². The van der Waals surface area contributed by atoms with Gasteiger partial charge in [-0.2, -0.15) is 0 Å². The minimum Gasteiger partial charge on any atom is -0.365 e. The number of hydrogen-bond acceptors (Lipinski definition) is 5. The minimum absolute atomic E-state index is 0.304. The first-order chi connectivity index (χ1) is 14.1. The van der Waals surface area contributed by atoms with Crippen molar-refractivity contribution < 1.29 is 0 Å². The molecule has 2 aliphatic heterocycles. The number of aliphatic imine (C=N–C) groups is 2. The molecule has 0 atom stereocenters. The number of fused-ring (bicyclic) bond motifs is 1. The number of piperidine rings is 2. The van der Waals surface area contributed by atoms with Crippen molar-refractivity contribution in [2.24, 2.45) is 15.7 Å². The van der Waals surface area contributed by atoms with E-state index in [1.54, 1.807) is 0 Å². The van der Waals surface area contributed by atoms with Crippen LogP contribution in [0.25, 0.3) is 10.8 Å². The van der Waals surface area contributed by atoms with Crippen LogP contribution >= 0.6 is 0 Å². The van der Waals surface area contributed by atoms with Gasteiger partial charge in [-0.1, -0.05) is 30.3 Å². The highest BCUT2D eigenvalue weighted by Crippen LogP contribution is 2.33. The highest BCUT2D eigenvalue weighted by molar-refractivity contribution is 6.06. The molecule has 2 aromatic carbocycles. The van der Waals surface area contributed by atoms with E-state index in [9.17, 15) is 0 Å². The van der Waals surface area contributed by atoms with Gasteiger partial charge in [0.15, 0.2) is 0 Å². The lowest BCUT2D eigenvalue weighted by molar-refractivity contribution is 0.260. The van der Waals surface area contributed by atoms with Crippen molar-refractivity contribution in [2.75, 3.05) is 38.1 Å². The molecular formula is C24H31N5. The van der Waals surface area contributed by atoms with Gasteiger partial charge in [0.2, 0.25) is 0 Å².